The van der Waals surface area contributed by atoms with Crippen LogP contribution < -0.4 is 10.9 Å². The molecule has 1 heterocycles. The Bertz CT molecular complexity index is 579. The number of hydrazine groups is 1. The molecule has 1 aromatic heterocycles. The quantitative estimate of drug-likeness (QED) is 0.819. The molecular weight excluding hydrogens is 250 g/mol. The molecule has 20 heavy (non-hydrogen) atoms. The fourth-order valence-electron chi connectivity index (χ4n) is 1.69. The average Bonchev–Trinajstić information content (AvgIpc) is 2.53. The highest BCUT2D eigenvalue weighted by molar-refractivity contribution is 5.93. The third kappa shape index (κ3) is 3.95. The van der Waals surface area contributed by atoms with Gasteiger partial charge in [0, 0.05) is 23.7 Å². The summed E-state index contributed by atoms with van der Waals surface area (Å²) >= 11 is 0. The Morgan fingerprint density at radius 1 is 1.10 bits per heavy atom. The highest BCUT2D eigenvalue weighted by atomic mass is 16.2. The van der Waals surface area contributed by atoms with E-state index in [9.17, 15) is 4.79 Å². The molecule has 0 saturated heterocycles. The van der Waals surface area contributed by atoms with E-state index in [0.717, 1.165) is 17.7 Å². The van der Waals surface area contributed by atoms with Gasteiger partial charge in [-0.3, -0.25) is 15.2 Å². The fraction of sp³-hybridized carbons (Fsp3) is 0.125. The first-order chi connectivity index (χ1) is 9.79. The molecule has 0 saturated carbocycles. The lowest BCUT2D eigenvalue weighted by Crippen LogP contribution is -2.36. The largest absolute Gasteiger partial charge is 0.302 e. The van der Waals surface area contributed by atoms with Crippen LogP contribution in [0.5, 0.6) is 0 Å². The number of carbonyl (C=O) groups is 1. The van der Waals surface area contributed by atoms with Crippen molar-refractivity contribution >= 4 is 12.0 Å². The van der Waals surface area contributed by atoms with Crippen LogP contribution in [0.4, 0.5) is 0 Å². The molecule has 0 fully saturated rings. The van der Waals surface area contributed by atoms with E-state index >= 15 is 0 Å². The lowest BCUT2D eigenvalue weighted by atomic mass is 10.2. The summed E-state index contributed by atoms with van der Waals surface area (Å²) in [6.45, 7) is 2.03. The van der Waals surface area contributed by atoms with Crippen LogP contribution in [0, 0.1) is 0 Å². The van der Waals surface area contributed by atoms with Crippen molar-refractivity contribution in [2.24, 2.45) is 0 Å². The molecule has 1 amide bonds. The summed E-state index contributed by atoms with van der Waals surface area (Å²) in [5.41, 5.74) is 8.25. The number of allylic oxidation sites excluding steroid dienone is 1. The van der Waals surface area contributed by atoms with Gasteiger partial charge in [-0.25, -0.2) is 0 Å². The van der Waals surface area contributed by atoms with E-state index in [0.29, 0.717) is 5.56 Å². The van der Waals surface area contributed by atoms with Gasteiger partial charge in [-0.05, 0) is 30.2 Å². The number of nitrogens with zero attached hydrogens (tertiary/aromatic N) is 1. The van der Waals surface area contributed by atoms with Gasteiger partial charge < -0.3 is 5.43 Å². The van der Waals surface area contributed by atoms with Gasteiger partial charge in [-0.15, -0.1) is 0 Å². The van der Waals surface area contributed by atoms with Crippen LogP contribution in [-0.2, 0) is 0 Å². The minimum Gasteiger partial charge on any atom is -0.302 e. The third-order valence-corrected chi connectivity index (χ3v) is 2.80. The van der Waals surface area contributed by atoms with Gasteiger partial charge in [-0.2, -0.15) is 0 Å². The Balaban J connectivity index is 1.98. The zero-order chi connectivity index (χ0) is 14.2. The van der Waals surface area contributed by atoms with E-state index in [4.69, 9.17) is 0 Å². The standard InChI is InChI=1S/C16H17N3O/c1-2-15(12-13-6-4-3-5-7-13)18-19-16(20)14-8-10-17-11-9-14/h3-12,18H,2H2,1H3,(H,19,20). The molecule has 0 aliphatic rings. The van der Waals surface area contributed by atoms with Crippen LogP contribution in [0.3, 0.4) is 0 Å². The lowest BCUT2D eigenvalue weighted by Gasteiger charge is -2.11. The van der Waals surface area contributed by atoms with Crippen LogP contribution in [0.25, 0.3) is 6.08 Å². The second-order valence-electron chi connectivity index (χ2n) is 4.25. The van der Waals surface area contributed by atoms with Gasteiger partial charge in [0.05, 0.1) is 0 Å². The maximum absolute atomic E-state index is 11.9. The Morgan fingerprint density at radius 2 is 1.80 bits per heavy atom. The Kier molecular flexibility index (Phi) is 4.89. The second kappa shape index (κ2) is 7.09. The van der Waals surface area contributed by atoms with Crippen molar-refractivity contribution in [3.05, 3.63) is 71.7 Å². The molecule has 0 aliphatic carbocycles. The molecule has 4 nitrogen and oxygen atoms in total. The predicted molar refractivity (Wildman–Crippen MR) is 79.5 cm³/mol. The van der Waals surface area contributed by atoms with Crippen LogP contribution >= 0.6 is 0 Å². The van der Waals surface area contributed by atoms with Gasteiger partial charge in [0.1, 0.15) is 0 Å². The van der Waals surface area contributed by atoms with Crippen molar-refractivity contribution in [2.75, 3.05) is 0 Å². The fourth-order valence-corrected chi connectivity index (χ4v) is 1.69. The normalized spacial score (nSPS) is 10.9. The average molecular weight is 267 g/mol. The third-order valence-electron chi connectivity index (χ3n) is 2.80. The predicted octanol–water partition coefficient (Wildman–Crippen LogP) is 2.77. The molecule has 0 spiro atoms. The molecule has 0 atom stereocenters. The topological polar surface area (TPSA) is 54.0 Å². The number of hydrogen-bond acceptors (Lipinski definition) is 3. The molecule has 4 heteroatoms. The maximum atomic E-state index is 11.9. The van der Waals surface area contributed by atoms with E-state index in [2.05, 4.69) is 15.8 Å². The van der Waals surface area contributed by atoms with E-state index in [1.54, 1.807) is 24.5 Å². The summed E-state index contributed by atoms with van der Waals surface area (Å²) in [6.07, 6.45) is 5.99. The Labute approximate surface area is 118 Å². The zero-order valence-corrected chi connectivity index (χ0v) is 11.3. The number of nitrogens with one attached hydrogen (secondary N) is 2. The molecule has 0 bridgehead atoms. The SMILES string of the molecule is CCC(=Cc1ccccc1)NNC(=O)c1ccncc1. The molecule has 2 rings (SSSR count). The van der Waals surface area contributed by atoms with Crippen LogP contribution in [-0.4, -0.2) is 10.9 Å². The van der Waals surface area contributed by atoms with Crippen LogP contribution in [0.15, 0.2) is 60.6 Å². The molecule has 2 aromatic rings. The number of rotatable bonds is 5. The minimum absolute atomic E-state index is 0.181. The van der Waals surface area contributed by atoms with E-state index in [1.165, 1.54) is 0 Å². The smallest absolute Gasteiger partial charge is 0.269 e. The van der Waals surface area contributed by atoms with Crippen LogP contribution in [0.2, 0.25) is 0 Å². The first kappa shape index (κ1) is 13.8. The summed E-state index contributed by atoms with van der Waals surface area (Å²) in [6, 6.07) is 13.3. The van der Waals surface area contributed by atoms with E-state index in [1.807, 2.05) is 43.3 Å². The van der Waals surface area contributed by atoms with Gasteiger partial charge in [-0.1, -0.05) is 37.3 Å². The number of benzene rings is 1. The monoisotopic (exact) mass is 267 g/mol. The molecular formula is C16H17N3O. The zero-order valence-electron chi connectivity index (χ0n) is 11.3. The van der Waals surface area contributed by atoms with Gasteiger partial charge >= 0.3 is 0 Å². The Hall–Kier alpha value is -2.62. The van der Waals surface area contributed by atoms with Crippen molar-refractivity contribution < 1.29 is 4.79 Å². The van der Waals surface area contributed by atoms with E-state index < -0.39 is 0 Å². The molecule has 1 aromatic carbocycles. The maximum Gasteiger partial charge on any atom is 0.269 e. The number of pyridine rings is 1. The number of aromatic nitrogens is 1. The molecule has 0 aliphatic heterocycles. The van der Waals surface area contributed by atoms with Gasteiger partial charge in [0.25, 0.3) is 5.91 Å². The first-order valence-electron chi connectivity index (χ1n) is 6.51. The lowest BCUT2D eigenvalue weighted by molar-refractivity contribution is 0.0938. The molecule has 0 unspecified atom stereocenters. The van der Waals surface area contributed by atoms with Crippen molar-refractivity contribution in [1.82, 2.24) is 15.8 Å². The van der Waals surface area contributed by atoms with E-state index in [-0.39, 0.29) is 5.91 Å². The van der Waals surface area contributed by atoms with Crippen LogP contribution in [0.1, 0.15) is 29.3 Å². The molecule has 0 radical (unpaired) electrons. The first-order valence-corrected chi connectivity index (χ1v) is 6.51. The number of hydrogen-bond donors (Lipinski definition) is 2. The summed E-state index contributed by atoms with van der Waals surface area (Å²) in [5, 5.41) is 0. The van der Waals surface area contributed by atoms with Crippen molar-refractivity contribution in [3.8, 4) is 0 Å². The van der Waals surface area contributed by atoms with Crippen molar-refractivity contribution in [2.45, 2.75) is 13.3 Å². The summed E-state index contributed by atoms with van der Waals surface area (Å²) in [5.74, 6) is -0.181. The summed E-state index contributed by atoms with van der Waals surface area (Å²) < 4.78 is 0. The van der Waals surface area contributed by atoms with Gasteiger partial charge in [0.2, 0.25) is 0 Å². The highest BCUT2D eigenvalue weighted by Gasteiger charge is 2.04. The second-order valence-corrected chi connectivity index (χ2v) is 4.25. The highest BCUT2D eigenvalue weighted by Crippen LogP contribution is 2.06. The number of carbonyl (C=O) groups excluding carboxylic acids is 1. The van der Waals surface area contributed by atoms with Gasteiger partial charge in [0.15, 0.2) is 0 Å². The molecule has 102 valence electrons. The summed E-state index contributed by atoms with van der Waals surface area (Å²) in [7, 11) is 0. The summed E-state index contributed by atoms with van der Waals surface area (Å²) in [4.78, 5) is 15.8. The molecule has 2 N–H and O–H groups in total. The van der Waals surface area contributed by atoms with Crippen molar-refractivity contribution in [1.29, 1.82) is 0 Å². The minimum atomic E-state index is -0.181. The van der Waals surface area contributed by atoms with Crippen molar-refractivity contribution in [3.63, 3.8) is 0 Å². The number of amides is 1. The Morgan fingerprint density at radius 3 is 2.45 bits per heavy atom.